The van der Waals surface area contributed by atoms with Crippen LogP contribution in [0.25, 0.3) is 0 Å². The number of nitrogens with one attached hydrogen (secondary N) is 1. The molecule has 0 aromatic carbocycles. The number of Topliss-reactive ketones (excluding diaryl/α,β-unsaturated/α-hetero) is 2. The number of nitrogens with two attached hydrogens (primary N) is 1. The minimum absolute atomic E-state index is 0.0617. The number of primary amides is 1. The predicted octanol–water partition coefficient (Wildman–Crippen LogP) is 1.38. The third-order valence-electron chi connectivity index (χ3n) is 6.87. The number of methoxy groups -OCH3 is 1. The standard InChI is InChI=1S/C22H31N3O6/c1-4-5-6-7-8-9-30-19-12(2)17(26)16-15(18(19)27)13(11-31-21(23)28)22(29-3)20-14(24-20)10-25(16)22/h13-14,20,24H,4-11H2,1-3H3,(H2,23,28)/t13-,14+,20+,22-/m1/s1. The molecule has 1 aliphatic carbocycles. The van der Waals surface area contributed by atoms with E-state index in [0.717, 1.165) is 25.7 Å². The van der Waals surface area contributed by atoms with Crippen LogP contribution in [-0.4, -0.2) is 67.2 Å². The van der Waals surface area contributed by atoms with Gasteiger partial charge in [-0.1, -0.05) is 32.6 Å². The average molecular weight is 434 g/mol. The number of ether oxygens (including phenoxy) is 3. The highest BCUT2D eigenvalue weighted by Gasteiger charge is 2.72. The van der Waals surface area contributed by atoms with Crippen LogP contribution >= 0.6 is 0 Å². The highest BCUT2D eigenvalue weighted by molar-refractivity contribution is 6.25. The first kappa shape index (κ1) is 21.8. The minimum Gasteiger partial charge on any atom is -0.489 e. The van der Waals surface area contributed by atoms with E-state index in [1.54, 1.807) is 14.0 Å². The predicted molar refractivity (Wildman–Crippen MR) is 111 cm³/mol. The smallest absolute Gasteiger partial charge is 0.404 e. The van der Waals surface area contributed by atoms with Gasteiger partial charge in [0.25, 0.3) is 0 Å². The molecule has 31 heavy (non-hydrogen) atoms. The van der Waals surface area contributed by atoms with Crippen LogP contribution in [0.4, 0.5) is 4.79 Å². The van der Waals surface area contributed by atoms with Gasteiger partial charge in [0.1, 0.15) is 6.61 Å². The van der Waals surface area contributed by atoms with E-state index < -0.39 is 17.7 Å². The van der Waals surface area contributed by atoms with Crippen molar-refractivity contribution in [1.82, 2.24) is 10.2 Å². The second-order valence-electron chi connectivity index (χ2n) is 8.64. The number of amides is 1. The van der Waals surface area contributed by atoms with Crippen molar-refractivity contribution >= 4 is 17.7 Å². The SMILES string of the molecule is CCCCCCCOC1=C(C)C(=O)C2=C(C1=O)[C@@H](COC(N)=O)[C@@]1(OC)[C@H]3N[C@H]3CN21. The summed E-state index contributed by atoms with van der Waals surface area (Å²) in [5.41, 5.74) is 5.18. The Kier molecular flexibility index (Phi) is 5.83. The first-order valence-electron chi connectivity index (χ1n) is 11.1. The Morgan fingerprint density at radius 2 is 1.97 bits per heavy atom. The summed E-state index contributed by atoms with van der Waals surface area (Å²) < 4.78 is 16.9. The zero-order valence-electron chi connectivity index (χ0n) is 18.4. The lowest BCUT2D eigenvalue weighted by Crippen LogP contribution is -2.55. The summed E-state index contributed by atoms with van der Waals surface area (Å²) in [6.45, 7) is 4.56. The lowest BCUT2D eigenvalue weighted by atomic mass is 9.83. The summed E-state index contributed by atoms with van der Waals surface area (Å²) in [7, 11) is 1.55. The molecule has 9 heteroatoms. The molecule has 0 saturated carbocycles. The van der Waals surface area contributed by atoms with Gasteiger partial charge in [-0.25, -0.2) is 4.79 Å². The Morgan fingerprint density at radius 1 is 1.23 bits per heavy atom. The van der Waals surface area contributed by atoms with E-state index in [4.69, 9.17) is 19.9 Å². The van der Waals surface area contributed by atoms with Crippen LogP contribution in [0.5, 0.6) is 0 Å². The zero-order valence-corrected chi connectivity index (χ0v) is 18.4. The average Bonchev–Trinajstić information content (AvgIpc) is 3.35. The van der Waals surface area contributed by atoms with Gasteiger partial charge in [0, 0.05) is 30.8 Å². The largest absolute Gasteiger partial charge is 0.489 e. The van der Waals surface area contributed by atoms with Gasteiger partial charge >= 0.3 is 6.09 Å². The lowest BCUT2D eigenvalue weighted by molar-refractivity contribution is -0.137. The molecule has 0 radical (unpaired) electrons. The molecule has 1 amide bonds. The Morgan fingerprint density at radius 3 is 2.65 bits per heavy atom. The fourth-order valence-corrected chi connectivity index (χ4v) is 5.32. The second kappa shape index (κ2) is 8.27. The molecule has 0 spiro atoms. The molecule has 4 rings (SSSR count). The lowest BCUT2D eigenvalue weighted by Gasteiger charge is -2.39. The third-order valence-corrected chi connectivity index (χ3v) is 6.87. The number of carbonyl (C=O) groups excluding carboxylic acids is 3. The van der Waals surface area contributed by atoms with Gasteiger partial charge < -0.3 is 30.2 Å². The zero-order chi connectivity index (χ0) is 22.3. The molecular formula is C22H31N3O6. The molecule has 4 aliphatic rings. The normalized spacial score (nSPS) is 31.1. The number of ketones is 2. The fourth-order valence-electron chi connectivity index (χ4n) is 5.32. The number of nitrogens with zero attached hydrogens (tertiary/aromatic N) is 1. The number of hydrogen-bond acceptors (Lipinski definition) is 8. The maximum atomic E-state index is 13.5. The summed E-state index contributed by atoms with van der Waals surface area (Å²) in [6.07, 6.45) is 4.34. The molecule has 9 nitrogen and oxygen atoms in total. The van der Waals surface area contributed by atoms with Gasteiger partial charge in [-0.2, -0.15) is 0 Å². The van der Waals surface area contributed by atoms with Crippen LogP contribution in [0.15, 0.2) is 22.6 Å². The van der Waals surface area contributed by atoms with Crippen LogP contribution in [0.1, 0.15) is 46.0 Å². The Bertz CT molecular complexity index is 865. The number of piperazine rings is 1. The van der Waals surface area contributed by atoms with Gasteiger partial charge in [0.15, 0.2) is 11.5 Å². The van der Waals surface area contributed by atoms with E-state index in [2.05, 4.69) is 12.2 Å². The Hall–Kier alpha value is -2.39. The number of unbranched alkanes of at least 4 members (excludes halogenated alkanes) is 4. The van der Waals surface area contributed by atoms with Crippen molar-refractivity contribution in [2.24, 2.45) is 11.7 Å². The minimum atomic E-state index is -0.966. The second-order valence-corrected chi connectivity index (χ2v) is 8.64. The van der Waals surface area contributed by atoms with Crippen molar-refractivity contribution in [3.8, 4) is 0 Å². The van der Waals surface area contributed by atoms with Crippen LogP contribution in [0.3, 0.4) is 0 Å². The molecule has 0 unspecified atom stereocenters. The molecule has 170 valence electrons. The van der Waals surface area contributed by atoms with E-state index in [1.807, 2.05) is 4.90 Å². The van der Waals surface area contributed by atoms with Crippen molar-refractivity contribution in [1.29, 1.82) is 0 Å². The summed E-state index contributed by atoms with van der Waals surface area (Å²) in [6, 6.07) is 0.103. The molecule has 3 heterocycles. The first-order chi connectivity index (χ1) is 14.9. The molecule has 2 fully saturated rings. The van der Waals surface area contributed by atoms with Crippen molar-refractivity contribution in [2.75, 3.05) is 26.9 Å². The van der Waals surface area contributed by atoms with Gasteiger partial charge in [0.2, 0.25) is 11.6 Å². The van der Waals surface area contributed by atoms with E-state index in [-0.39, 0.29) is 36.0 Å². The molecule has 0 bridgehead atoms. The molecule has 3 aliphatic heterocycles. The van der Waals surface area contributed by atoms with E-state index in [0.29, 0.717) is 30.0 Å². The monoisotopic (exact) mass is 433 g/mol. The number of allylic oxidation sites excluding steroid dienone is 2. The molecular weight excluding hydrogens is 402 g/mol. The third kappa shape index (κ3) is 3.34. The number of hydrogen-bond donors (Lipinski definition) is 2. The molecule has 3 N–H and O–H groups in total. The van der Waals surface area contributed by atoms with Crippen molar-refractivity contribution in [3.05, 3.63) is 22.6 Å². The molecule has 4 atom stereocenters. The first-order valence-corrected chi connectivity index (χ1v) is 11.1. The highest BCUT2D eigenvalue weighted by Crippen LogP contribution is 2.55. The van der Waals surface area contributed by atoms with Gasteiger partial charge in [0.05, 0.1) is 24.3 Å². The van der Waals surface area contributed by atoms with Gasteiger partial charge in [-0.05, 0) is 13.3 Å². The van der Waals surface area contributed by atoms with Gasteiger partial charge in [-0.15, -0.1) is 0 Å². The van der Waals surface area contributed by atoms with Crippen molar-refractivity contribution < 1.29 is 28.6 Å². The summed E-state index contributed by atoms with van der Waals surface area (Å²) in [5, 5.41) is 3.34. The van der Waals surface area contributed by atoms with E-state index >= 15 is 0 Å². The van der Waals surface area contributed by atoms with Crippen LogP contribution < -0.4 is 11.1 Å². The molecule has 0 aromatic heterocycles. The van der Waals surface area contributed by atoms with Crippen LogP contribution in [0.2, 0.25) is 0 Å². The summed E-state index contributed by atoms with van der Waals surface area (Å²) >= 11 is 0. The summed E-state index contributed by atoms with van der Waals surface area (Å²) in [5.74, 6) is -1.12. The Labute approximate surface area is 181 Å². The molecule has 2 saturated heterocycles. The maximum absolute atomic E-state index is 13.5. The van der Waals surface area contributed by atoms with E-state index in [9.17, 15) is 14.4 Å². The van der Waals surface area contributed by atoms with Crippen LogP contribution in [-0.2, 0) is 23.8 Å². The highest BCUT2D eigenvalue weighted by atomic mass is 16.6. The van der Waals surface area contributed by atoms with E-state index in [1.165, 1.54) is 6.42 Å². The Balaban J connectivity index is 1.59. The number of carbonyl (C=O) groups is 3. The molecule has 0 aromatic rings. The number of fused-ring (bicyclic) bond motifs is 4. The topological polar surface area (TPSA) is 130 Å². The number of rotatable bonds is 10. The fraction of sp³-hybridized carbons (Fsp3) is 0.682. The maximum Gasteiger partial charge on any atom is 0.404 e. The quantitative estimate of drug-likeness (QED) is 0.300. The van der Waals surface area contributed by atoms with Crippen molar-refractivity contribution in [3.63, 3.8) is 0 Å². The summed E-state index contributed by atoms with van der Waals surface area (Å²) in [4.78, 5) is 40.1. The van der Waals surface area contributed by atoms with Crippen molar-refractivity contribution in [2.45, 2.75) is 63.8 Å². The van der Waals surface area contributed by atoms with Gasteiger partial charge in [-0.3, -0.25) is 9.59 Å². The van der Waals surface area contributed by atoms with Crippen LogP contribution in [0, 0.1) is 5.92 Å².